The van der Waals surface area contributed by atoms with Crippen LogP contribution in [0.3, 0.4) is 0 Å². The van der Waals surface area contributed by atoms with E-state index in [-0.39, 0.29) is 12.0 Å². The molecule has 0 saturated heterocycles. The van der Waals surface area contributed by atoms with Crippen LogP contribution in [0.25, 0.3) is 0 Å². The van der Waals surface area contributed by atoms with Crippen LogP contribution in [0.15, 0.2) is 18.2 Å². The fourth-order valence-electron chi connectivity index (χ4n) is 2.18. The van der Waals surface area contributed by atoms with Crippen LogP contribution in [-0.2, 0) is 15.1 Å². The average Bonchev–Trinajstić information content (AvgIpc) is 2.41. The molecule has 0 heterocycles. The molecular weight excluding hydrogens is 250 g/mol. The van der Waals surface area contributed by atoms with Crippen LogP contribution in [0, 0.1) is 13.8 Å². The lowest BCUT2D eigenvalue weighted by atomic mass is 9.88. The van der Waals surface area contributed by atoms with Crippen LogP contribution in [0.4, 0.5) is 0 Å². The Hall–Kier alpha value is -1.35. The molecule has 3 nitrogen and oxygen atoms in total. The van der Waals surface area contributed by atoms with Crippen molar-refractivity contribution in [3.8, 4) is 0 Å². The van der Waals surface area contributed by atoms with Crippen molar-refractivity contribution >= 4 is 5.97 Å². The third kappa shape index (κ3) is 3.60. The Morgan fingerprint density at radius 1 is 1.30 bits per heavy atom. The Morgan fingerprint density at radius 3 is 2.45 bits per heavy atom. The molecule has 1 aromatic rings. The number of benzene rings is 1. The minimum Gasteiger partial charge on any atom is -0.464 e. The van der Waals surface area contributed by atoms with E-state index >= 15 is 0 Å². The summed E-state index contributed by atoms with van der Waals surface area (Å²) in [6.45, 7) is 12.4. The maximum Gasteiger partial charge on any atom is 0.330 e. The molecule has 1 aromatic carbocycles. The SMILES string of the molecule is CCOC(=O)C(C)(NC(C)CC)c1ccc(C)c(C)c1. The zero-order chi connectivity index (χ0) is 15.3. The Balaban J connectivity index is 3.21. The van der Waals surface area contributed by atoms with Crippen molar-refractivity contribution < 1.29 is 9.53 Å². The van der Waals surface area contributed by atoms with Crippen molar-refractivity contribution in [1.82, 2.24) is 5.32 Å². The summed E-state index contributed by atoms with van der Waals surface area (Å²) in [6, 6.07) is 6.38. The van der Waals surface area contributed by atoms with Gasteiger partial charge in [0.1, 0.15) is 5.54 Å². The van der Waals surface area contributed by atoms with E-state index in [0.29, 0.717) is 6.61 Å². The second-order valence-corrected chi connectivity index (χ2v) is 5.60. The third-order valence-corrected chi connectivity index (χ3v) is 3.92. The fraction of sp³-hybridized carbons (Fsp3) is 0.588. The lowest BCUT2D eigenvalue weighted by molar-refractivity contribution is -0.151. The molecule has 0 aliphatic heterocycles. The van der Waals surface area contributed by atoms with Gasteiger partial charge < -0.3 is 4.74 Å². The highest BCUT2D eigenvalue weighted by molar-refractivity contribution is 5.82. The molecule has 0 radical (unpaired) electrons. The highest BCUT2D eigenvalue weighted by Crippen LogP contribution is 2.26. The fourth-order valence-corrected chi connectivity index (χ4v) is 2.18. The van der Waals surface area contributed by atoms with E-state index in [1.54, 1.807) is 0 Å². The molecule has 112 valence electrons. The summed E-state index contributed by atoms with van der Waals surface area (Å²) in [7, 11) is 0. The van der Waals surface area contributed by atoms with Crippen LogP contribution in [0.2, 0.25) is 0 Å². The molecule has 20 heavy (non-hydrogen) atoms. The lowest BCUT2D eigenvalue weighted by Gasteiger charge is -2.32. The number of nitrogens with one attached hydrogen (secondary N) is 1. The molecule has 0 aliphatic rings. The van der Waals surface area contributed by atoms with Gasteiger partial charge in [-0.05, 0) is 57.7 Å². The molecule has 0 spiro atoms. The minimum atomic E-state index is -0.802. The maximum atomic E-state index is 12.4. The first-order chi connectivity index (χ1) is 9.35. The summed E-state index contributed by atoms with van der Waals surface area (Å²) >= 11 is 0. The molecule has 1 N–H and O–H groups in total. The largest absolute Gasteiger partial charge is 0.464 e. The van der Waals surface area contributed by atoms with Crippen LogP contribution in [-0.4, -0.2) is 18.6 Å². The number of hydrogen-bond donors (Lipinski definition) is 1. The molecule has 0 aliphatic carbocycles. The van der Waals surface area contributed by atoms with Crippen LogP contribution < -0.4 is 5.32 Å². The number of hydrogen-bond acceptors (Lipinski definition) is 3. The Bertz CT molecular complexity index is 470. The van der Waals surface area contributed by atoms with E-state index < -0.39 is 5.54 Å². The standard InChI is InChI=1S/C17H27NO2/c1-7-14(5)18-17(6,16(19)20-8-2)15-10-9-12(3)13(4)11-15/h9-11,14,18H,7-8H2,1-6H3. The van der Waals surface area contributed by atoms with Gasteiger partial charge in [-0.3, -0.25) is 5.32 Å². The van der Waals surface area contributed by atoms with Crippen LogP contribution in [0.5, 0.6) is 0 Å². The summed E-state index contributed by atoms with van der Waals surface area (Å²) in [5, 5.41) is 3.42. The summed E-state index contributed by atoms with van der Waals surface area (Å²) in [5.41, 5.74) is 2.57. The minimum absolute atomic E-state index is 0.219. The maximum absolute atomic E-state index is 12.4. The van der Waals surface area contributed by atoms with E-state index in [9.17, 15) is 4.79 Å². The Morgan fingerprint density at radius 2 is 1.95 bits per heavy atom. The predicted octanol–water partition coefficient (Wildman–Crippen LogP) is 3.47. The highest BCUT2D eigenvalue weighted by Gasteiger charge is 2.37. The monoisotopic (exact) mass is 277 g/mol. The highest BCUT2D eigenvalue weighted by atomic mass is 16.5. The summed E-state index contributed by atoms with van der Waals surface area (Å²) < 4.78 is 5.28. The second kappa shape index (κ2) is 6.89. The van der Waals surface area contributed by atoms with Crippen LogP contribution in [0.1, 0.15) is 50.8 Å². The third-order valence-electron chi connectivity index (χ3n) is 3.92. The Kier molecular flexibility index (Phi) is 5.75. The first kappa shape index (κ1) is 16.7. The molecule has 0 aromatic heterocycles. The number of esters is 1. The molecule has 0 saturated carbocycles. The quantitative estimate of drug-likeness (QED) is 0.809. The molecule has 0 fully saturated rings. The smallest absolute Gasteiger partial charge is 0.330 e. The predicted molar refractivity (Wildman–Crippen MR) is 82.8 cm³/mol. The number of ether oxygens (including phenoxy) is 1. The number of carbonyl (C=O) groups excluding carboxylic acids is 1. The molecular formula is C17H27NO2. The van der Waals surface area contributed by atoms with Crippen molar-refractivity contribution in [1.29, 1.82) is 0 Å². The van der Waals surface area contributed by atoms with Crippen molar-refractivity contribution in [2.75, 3.05) is 6.61 Å². The topological polar surface area (TPSA) is 38.3 Å². The van der Waals surface area contributed by atoms with Gasteiger partial charge in [0.2, 0.25) is 0 Å². The van der Waals surface area contributed by atoms with Gasteiger partial charge in [-0.15, -0.1) is 0 Å². The molecule has 0 amide bonds. The van der Waals surface area contributed by atoms with Gasteiger partial charge in [0.15, 0.2) is 0 Å². The normalized spacial score (nSPS) is 15.5. The van der Waals surface area contributed by atoms with Crippen LogP contribution >= 0.6 is 0 Å². The molecule has 2 unspecified atom stereocenters. The lowest BCUT2D eigenvalue weighted by Crippen LogP contribution is -2.51. The molecule has 3 heteroatoms. The number of aryl methyl sites for hydroxylation is 2. The van der Waals surface area contributed by atoms with Crippen molar-refractivity contribution in [3.05, 3.63) is 34.9 Å². The van der Waals surface area contributed by atoms with Crippen molar-refractivity contribution in [2.45, 2.75) is 59.5 Å². The summed E-state index contributed by atoms with van der Waals surface area (Å²) in [4.78, 5) is 12.4. The van der Waals surface area contributed by atoms with Gasteiger partial charge in [-0.25, -0.2) is 4.79 Å². The van der Waals surface area contributed by atoms with E-state index in [2.05, 4.69) is 45.1 Å². The van der Waals surface area contributed by atoms with E-state index in [1.165, 1.54) is 11.1 Å². The molecule has 0 bridgehead atoms. The first-order valence-electron chi connectivity index (χ1n) is 7.37. The van der Waals surface area contributed by atoms with Gasteiger partial charge in [0.05, 0.1) is 6.61 Å². The van der Waals surface area contributed by atoms with E-state index in [4.69, 9.17) is 4.74 Å². The number of rotatable bonds is 6. The van der Waals surface area contributed by atoms with Gasteiger partial charge in [-0.1, -0.05) is 25.1 Å². The van der Waals surface area contributed by atoms with Gasteiger partial charge in [-0.2, -0.15) is 0 Å². The van der Waals surface area contributed by atoms with Crippen molar-refractivity contribution in [3.63, 3.8) is 0 Å². The number of carbonyl (C=O) groups is 1. The average molecular weight is 277 g/mol. The van der Waals surface area contributed by atoms with E-state index in [1.807, 2.05) is 19.9 Å². The molecule has 1 rings (SSSR count). The van der Waals surface area contributed by atoms with Crippen molar-refractivity contribution in [2.24, 2.45) is 0 Å². The van der Waals surface area contributed by atoms with E-state index in [0.717, 1.165) is 12.0 Å². The van der Waals surface area contributed by atoms with Gasteiger partial charge >= 0.3 is 5.97 Å². The Labute approximate surface area is 122 Å². The molecule has 2 atom stereocenters. The first-order valence-corrected chi connectivity index (χ1v) is 7.37. The van der Waals surface area contributed by atoms with Gasteiger partial charge in [0.25, 0.3) is 0 Å². The summed E-state index contributed by atoms with van der Waals surface area (Å²) in [6.07, 6.45) is 0.958. The zero-order valence-electron chi connectivity index (χ0n) is 13.5. The summed E-state index contributed by atoms with van der Waals surface area (Å²) in [5.74, 6) is -0.219. The second-order valence-electron chi connectivity index (χ2n) is 5.60. The zero-order valence-corrected chi connectivity index (χ0v) is 13.5. The van der Waals surface area contributed by atoms with Gasteiger partial charge in [0, 0.05) is 6.04 Å².